The van der Waals surface area contributed by atoms with E-state index in [1.165, 1.54) is 13.3 Å². The number of nitrogen functional groups attached to an aromatic ring is 1. The lowest BCUT2D eigenvalue weighted by Crippen LogP contribution is -2.04. The van der Waals surface area contributed by atoms with Crippen molar-refractivity contribution in [2.45, 2.75) is 13.5 Å². The van der Waals surface area contributed by atoms with E-state index in [-0.39, 0.29) is 5.78 Å². The molecule has 2 rings (SSSR count). The lowest BCUT2D eigenvalue weighted by Gasteiger charge is -2.08. The van der Waals surface area contributed by atoms with Gasteiger partial charge in [0.1, 0.15) is 6.33 Å². The van der Waals surface area contributed by atoms with E-state index in [0.29, 0.717) is 17.8 Å². The Bertz CT molecular complexity index is 554. The summed E-state index contributed by atoms with van der Waals surface area (Å²) in [5, 5.41) is 3.19. The van der Waals surface area contributed by atoms with Crippen LogP contribution in [0, 0.1) is 0 Å². The average molecular weight is 242 g/mol. The van der Waals surface area contributed by atoms with Crippen LogP contribution in [0.2, 0.25) is 0 Å². The van der Waals surface area contributed by atoms with Crippen LogP contribution in [0.15, 0.2) is 36.8 Å². The number of aromatic nitrogens is 2. The molecule has 0 saturated heterocycles. The molecule has 2 aromatic rings. The second-order valence-corrected chi connectivity index (χ2v) is 3.91. The van der Waals surface area contributed by atoms with Gasteiger partial charge >= 0.3 is 0 Å². The van der Waals surface area contributed by atoms with E-state index in [4.69, 9.17) is 5.73 Å². The molecular formula is C13H14N4O. The van der Waals surface area contributed by atoms with Gasteiger partial charge in [0.2, 0.25) is 0 Å². The second kappa shape index (κ2) is 5.27. The highest BCUT2D eigenvalue weighted by Crippen LogP contribution is 2.18. The number of nitrogens with one attached hydrogen (secondary N) is 1. The number of hydrogen-bond donors (Lipinski definition) is 2. The van der Waals surface area contributed by atoms with Gasteiger partial charge in [-0.3, -0.25) is 4.79 Å². The second-order valence-electron chi connectivity index (χ2n) is 3.91. The Morgan fingerprint density at radius 2 is 2.22 bits per heavy atom. The first-order valence-electron chi connectivity index (χ1n) is 5.56. The summed E-state index contributed by atoms with van der Waals surface area (Å²) in [5.41, 5.74) is 8.58. The van der Waals surface area contributed by atoms with Gasteiger partial charge in [-0.25, -0.2) is 9.97 Å². The molecule has 1 aromatic heterocycles. The molecule has 0 amide bonds. The van der Waals surface area contributed by atoms with Crippen LogP contribution in [0.5, 0.6) is 0 Å². The normalized spacial score (nSPS) is 10.1. The topological polar surface area (TPSA) is 80.9 Å². The highest BCUT2D eigenvalue weighted by atomic mass is 16.1. The predicted octanol–water partition coefficient (Wildman–Crippen LogP) is 1.87. The highest BCUT2D eigenvalue weighted by Gasteiger charge is 2.05. The van der Waals surface area contributed by atoms with Gasteiger partial charge in [0.25, 0.3) is 0 Å². The van der Waals surface area contributed by atoms with Crippen molar-refractivity contribution >= 4 is 17.2 Å². The van der Waals surface area contributed by atoms with Crippen LogP contribution < -0.4 is 11.1 Å². The standard InChI is InChI=1S/C13H14N4O/c1-9(18)12-3-2-10(6-13(12)14)16-7-11-4-5-15-8-17-11/h2-6,8,16H,7,14H2,1H3. The van der Waals surface area contributed by atoms with Gasteiger partial charge in [-0.05, 0) is 31.2 Å². The first-order chi connectivity index (χ1) is 8.66. The Balaban J connectivity index is 2.07. The highest BCUT2D eigenvalue weighted by molar-refractivity contribution is 5.99. The number of hydrogen-bond acceptors (Lipinski definition) is 5. The molecule has 0 aliphatic rings. The third-order valence-corrected chi connectivity index (χ3v) is 2.55. The van der Waals surface area contributed by atoms with Crippen LogP contribution in [-0.4, -0.2) is 15.8 Å². The fourth-order valence-electron chi connectivity index (χ4n) is 1.61. The van der Waals surface area contributed by atoms with Gasteiger partial charge in [0, 0.05) is 23.1 Å². The van der Waals surface area contributed by atoms with Gasteiger partial charge in [0.15, 0.2) is 5.78 Å². The van der Waals surface area contributed by atoms with E-state index in [2.05, 4.69) is 15.3 Å². The fraction of sp³-hybridized carbons (Fsp3) is 0.154. The van der Waals surface area contributed by atoms with Gasteiger partial charge in [-0.1, -0.05) is 0 Å². The molecule has 0 saturated carbocycles. The molecule has 0 aliphatic heterocycles. The monoisotopic (exact) mass is 242 g/mol. The van der Waals surface area contributed by atoms with Crippen LogP contribution >= 0.6 is 0 Å². The summed E-state index contributed by atoms with van der Waals surface area (Å²) in [4.78, 5) is 19.2. The van der Waals surface area contributed by atoms with Crippen molar-refractivity contribution in [1.29, 1.82) is 0 Å². The number of nitrogens with two attached hydrogens (primary N) is 1. The summed E-state index contributed by atoms with van der Waals surface area (Å²) >= 11 is 0. The van der Waals surface area contributed by atoms with E-state index in [1.807, 2.05) is 12.1 Å². The minimum atomic E-state index is -0.0325. The summed E-state index contributed by atoms with van der Waals surface area (Å²) in [5.74, 6) is -0.0325. The molecule has 0 unspecified atom stereocenters. The van der Waals surface area contributed by atoms with E-state index in [9.17, 15) is 4.79 Å². The van der Waals surface area contributed by atoms with Crippen LogP contribution in [0.4, 0.5) is 11.4 Å². The zero-order valence-corrected chi connectivity index (χ0v) is 10.1. The minimum absolute atomic E-state index is 0.0325. The van der Waals surface area contributed by atoms with Crippen LogP contribution in [0.1, 0.15) is 23.0 Å². The fourth-order valence-corrected chi connectivity index (χ4v) is 1.61. The van der Waals surface area contributed by atoms with Crippen molar-refractivity contribution in [3.8, 4) is 0 Å². The van der Waals surface area contributed by atoms with Crippen molar-refractivity contribution in [3.63, 3.8) is 0 Å². The molecule has 0 radical (unpaired) electrons. The van der Waals surface area contributed by atoms with Crippen molar-refractivity contribution < 1.29 is 4.79 Å². The van der Waals surface area contributed by atoms with E-state index in [0.717, 1.165) is 11.4 Å². The lowest BCUT2D eigenvalue weighted by atomic mass is 10.1. The van der Waals surface area contributed by atoms with E-state index >= 15 is 0 Å². The summed E-state index contributed by atoms with van der Waals surface area (Å²) in [6.45, 7) is 2.08. The Morgan fingerprint density at radius 3 is 2.83 bits per heavy atom. The molecule has 0 fully saturated rings. The van der Waals surface area contributed by atoms with Crippen molar-refractivity contribution in [2.75, 3.05) is 11.1 Å². The number of benzene rings is 1. The lowest BCUT2D eigenvalue weighted by molar-refractivity contribution is 0.101. The maximum Gasteiger partial charge on any atom is 0.161 e. The zero-order valence-electron chi connectivity index (χ0n) is 10.1. The SMILES string of the molecule is CC(=O)c1ccc(NCc2ccncn2)cc1N. The van der Waals surface area contributed by atoms with Crippen molar-refractivity contribution in [2.24, 2.45) is 0 Å². The number of Topliss-reactive ketones (excluding diaryl/α,β-unsaturated/α-hetero) is 1. The number of rotatable bonds is 4. The molecule has 1 aromatic carbocycles. The Kier molecular flexibility index (Phi) is 3.52. The van der Waals surface area contributed by atoms with Gasteiger partial charge in [0.05, 0.1) is 12.2 Å². The molecule has 0 atom stereocenters. The first-order valence-corrected chi connectivity index (χ1v) is 5.56. The summed E-state index contributed by atoms with van der Waals surface area (Å²) in [6, 6.07) is 7.13. The zero-order chi connectivity index (χ0) is 13.0. The smallest absolute Gasteiger partial charge is 0.161 e. The molecule has 1 heterocycles. The number of anilines is 2. The van der Waals surface area contributed by atoms with Crippen LogP contribution in [0.25, 0.3) is 0 Å². The predicted molar refractivity (Wildman–Crippen MR) is 70.2 cm³/mol. The molecular weight excluding hydrogens is 228 g/mol. The van der Waals surface area contributed by atoms with Gasteiger partial charge < -0.3 is 11.1 Å². The third kappa shape index (κ3) is 2.82. The third-order valence-electron chi connectivity index (χ3n) is 2.55. The minimum Gasteiger partial charge on any atom is -0.398 e. The summed E-state index contributed by atoms with van der Waals surface area (Å²) < 4.78 is 0. The largest absolute Gasteiger partial charge is 0.398 e. The van der Waals surface area contributed by atoms with E-state index < -0.39 is 0 Å². The van der Waals surface area contributed by atoms with Gasteiger partial charge in [-0.2, -0.15) is 0 Å². The maximum absolute atomic E-state index is 11.2. The van der Waals surface area contributed by atoms with E-state index in [1.54, 1.807) is 18.3 Å². The average Bonchev–Trinajstić information content (AvgIpc) is 2.37. The molecule has 92 valence electrons. The number of nitrogens with zero attached hydrogens (tertiary/aromatic N) is 2. The summed E-state index contributed by atoms with van der Waals surface area (Å²) in [6.07, 6.45) is 3.20. The summed E-state index contributed by atoms with van der Waals surface area (Å²) in [7, 11) is 0. The van der Waals surface area contributed by atoms with Crippen molar-refractivity contribution in [3.05, 3.63) is 48.0 Å². The number of carbonyl (C=O) groups is 1. The molecule has 18 heavy (non-hydrogen) atoms. The Morgan fingerprint density at radius 1 is 1.39 bits per heavy atom. The molecule has 0 bridgehead atoms. The van der Waals surface area contributed by atoms with Gasteiger partial charge in [-0.15, -0.1) is 0 Å². The molecule has 0 spiro atoms. The Hall–Kier alpha value is -2.43. The molecule has 5 heteroatoms. The number of carbonyl (C=O) groups excluding carboxylic acids is 1. The van der Waals surface area contributed by atoms with Crippen LogP contribution in [-0.2, 0) is 6.54 Å². The van der Waals surface area contributed by atoms with Crippen LogP contribution in [0.3, 0.4) is 0 Å². The quantitative estimate of drug-likeness (QED) is 0.632. The molecule has 0 aliphatic carbocycles. The van der Waals surface area contributed by atoms with Crippen molar-refractivity contribution in [1.82, 2.24) is 9.97 Å². The molecule has 5 nitrogen and oxygen atoms in total. The maximum atomic E-state index is 11.2. The molecule has 3 N–H and O–H groups in total. The first kappa shape index (κ1) is 12.0. The Labute approximate surface area is 105 Å². The number of ketones is 1.